The van der Waals surface area contributed by atoms with Crippen LogP contribution in [-0.4, -0.2) is 20.9 Å². The Balaban J connectivity index is 1.92. The molecular weight excluding hydrogens is 322 g/mol. The number of aromatic amines is 1. The van der Waals surface area contributed by atoms with Crippen LogP contribution in [0, 0.1) is 0 Å². The van der Waals surface area contributed by atoms with Crippen LogP contribution in [0.15, 0.2) is 41.4 Å². The molecule has 0 fully saturated rings. The predicted octanol–water partition coefficient (Wildman–Crippen LogP) is 2.55. The van der Waals surface area contributed by atoms with Crippen LogP contribution in [0.25, 0.3) is 10.9 Å². The molecule has 0 aliphatic carbocycles. The topological polar surface area (TPSA) is 96.7 Å². The van der Waals surface area contributed by atoms with E-state index in [2.05, 4.69) is 36.2 Å². The van der Waals surface area contributed by atoms with Crippen molar-refractivity contribution in [2.24, 2.45) is 0 Å². The van der Waals surface area contributed by atoms with E-state index in [-0.39, 0.29) is 5.91 Å². The fourth-order valence-electron chi connectivity index (χ4n) is 1.89. The standard InChI is InChI=1S/C13H10BrN5O/c14-11-5-18-12(6-17-11)19-13(20)9-4-16-10-2-1-7(15)3-8(9)10/h1-6,16H,15H2,(H,18,19,20). The van der Waals surface area contributed by atoms with Crippen LogP contribution in [0.2, 0.25) is 0 Å². The van der Waals surface area contributed by atoms with E-state index in [1.807, 2.05) is 6.07 Å². The molecule has 3 aromatic rings. The third-order valence-corrected chi connectivity index (χ3v) is 3.22. The first-order valence-corrected chi connectivity index (χ1v) is 6.58. The lowest BCUT2D eigenvalue weighted by Crippen LogP contribution is -2.12. The van der Waals surface area contributed by atoms with Crippen LogP contribution in [-0.2, 0) is 0 Å². The van der Waals surface area contributed by atoms with Gasteiger partial charge in [0.25, 0.3) is 5.91 Å². The normalized spacial score (nSPS) is 10.7. The SMILES string of the molecule is Nc1ccc2[nH]cc(C(=O)Nc3cnc(Br)cn3)c2c1. The lowest BCUT2D eigenvalue weighted by molar-refractivity contribution is 0.102. The molecule has 0 aliphatic heterocycles. The number of hydrogen-bond donors (Lipinski definition) is 3. The van der Waals surface area contributed by atoms with Crippen LogP contribution in [0.3, 0.4) is 0 Å². The zero-order chi connectivity index (χ0) is 14.1. The second-order valence-electron chi connectivity index (χ2n) is 4.19. The molecule has 0 atom stereocenters. The van der Waals surface area contributed by atoms with Gasteiger partial charge < -0.3 is 16.0 Å². The molecule has 0 saturated carbocycles. The van der Waals surface area contributed by atoms with Crippen LogP contribution in [0.4, 0.5) is 11.5 Å². The number of nitrogens with one attached hydrogen (secondary N) is 2. The summed E-state index contributed by atoms with van der Waals surface area (Å²) in [5.74, 6) is 0.120. The van der Waals surface area contributed by atoms with E-state index < -0.39 is 0 Å². The van der Waals surface area contributed by atoms with Crippen LogP contribution < -0.4 is 11.1 Å². The van der Waals surface area contributed by atoms with Crippen LogP contribution in [0.5, 0.6) is 0 Å². The Morgan fingerprint density at radius 2 is 2.15 bits per heavy atom. The van der Waals surface area contributed by atoms with E-state index >= 15 is 0 Å². The van der Waals surface area contributed by atoms with Gasteiger partial charge in [-0.05, 0) is 34.1 Å². The number of halogens is 1. The molecule has 0 saturated heterocycles. The number of amides is 1. The first kappa shape index (κ1) is 12.6. The number of hydrogen-bond acceptors (Lipinski definition) is 4. The maximum Gasteiger partial charge on any atom is 0.259 e. The Bertz CT molecular complexity index is 781. The predicted molar refractivity (Wildman–Crippen MR) is 80.4 cm³/mol. The summed E-state index contributed by atoms with van der Waals surface area (Å²) in [4.78, 5) is 23.3. The van der Waals surface area contributed by atoms with Gasteiger partial charge in [-0.2, -0.15) is 0 Å². The molecule has 2 heterocycles. The van der Waals surface area contributed by atoms with E-state index in [9.17, 15) is 4.79 Å². The molecule has 0 aliphatic rings. The highest BCUT2D eigenvalue weighted by Crippen LogP contribution is 2.21. The minimum atomic E-state index is -0.265. The Kier molecular flexibility index (Phi) is 3.11. The van der Waals surface area contributed by atoms with Crippen molar-refractivity contribution in [3.8, 4) is 0 Å². The van der Waals surface area contributed by atoms with Gasteiger partial charge in [0.05, 0.1) is 18.0 Å². The lowest BCUT2D eigenvalue weighted by Gasteiger charge is -2.03. The van der Waals surface area contributed by atoms with Crippen molar-refractivity contribution >= 4 is 44.2 Å². The first-order chi connectivity index (χ1) is 9.63. The van der Waals surface area contributed by atoms with Gasteiger partial charge in [-0.3, -0.25) is 4.79 Å². The molecule has 1 amide bonds. The first-order valence-electron chi connectivity index (χ1n) is 5.79. The summed E-state index contributed by atoms with van der Waals surface area (Å²) in [5.41, 5.74) is 7.72. The average Bonchev–Trinajstić information content (AvgIpc) is 2.84. The summed E-state index contributed by atoms with van der Waals surface area (Å²) in [6.07, 6.45) is 4.64. The highest BCUT2D eigenvalue weighted by Gasteiger charge is 2.13. The summed E-state index contributed by atoms with van der Waals surface area (Å²) in [7, 11) is 0. The molecule has 6 nitrogen and oxygen atoms in total. The number of rotatable bonds is 2. The molecule has 3 rings (SSSR count). The van der Waals surface area contributed by atoms with Gasteiger partial charge in [0, 0.05) is 22.8 Å². The number of aromatic nitrogens is 3. The number of benzene rings is 1. The number of nitrogen functional groups attached to an aromatic ring is 1. The van der Waals surface area contributed by atoms with Gasteiger partial charge >= 0.3 is 0 Å². The minimum absolute atomic E-state index is 0.265. The second kappa shape index (κ2) is 4.93. The largest absolute Gasteiger partial charge is 0.399 e. The third kappa shape index (κ3) is 2.35. The van der Waals surface area contributed by atoms with Crippen molar-refractivity contribution in [1.82, 2.24) is 15.0 Å². The number of carbonyl (C=O) groups excluding carboxylic acids is 1. The second-order valence-corrected chi connectivity index (χ2v) is 5.00. The van der Waals surface area contributed by atoms with Gasteiger partial charge in [0.15, 0.2) is 5.82 Å². The molecule has 100 valence electrons. The highest BCUT2D eigenvalue weighted by molar-refractivity contribution is 9.10. The van der Waals surface area contributed by atoms with E-state index in [0.717, 1.165) is 10.9 Å². The molecule has 1 aromatic carbocycles. The zero-order valence-corrected chi connectivity index (χ0v) is 11.8. The molecular formula is C13H10BrN5O. The maximum absolute atomic E-state index is 12.2. The fourth-order valence-corrected chi connectivity index (χ4v) is 2.09. The smallest absolute Gasteiger partial charge is 0.259 e. The molecule has 20 heavy (non-hydrogen) atoms. The van der Waals surface area contributed by atoms with E-state index in [0.29, 0.717) is 21.7 Å². The average molecular weight is 332 g/mol. The molecule has 7 heteroatoms. The van der Waals surface area contributed by atoms with Crippen molar-refractivity contribution < 1.29 is 4.79 Å². The number of anilines is 2. The number of fused-ring (bicyclic) bond motifs is 1. The number of H-pyrrole nitrogens is 1. The van der Waals surface area contributed by atoms with Crippen molar-refractivity contribution in [1.29, 1.82) is 0 Å². The molecule has 2 aromatic heterocycles. The van der Waals surface area contributed by atoms with Gasteiger partial charge in [-0.25, -0.2) is 9.97 Å². The van der Waals surface area contributed by atoms with Crippen LogP contribution >= 0.6 is 15.9 Å². The van der Waals surface area contributed by atoms with Crippen molar-refractivity contribution in [3.05, 3.63) is 47.0 Å². The van der Waals surface area contributed by atoms with Gasteiger partial charge in [0.2, 0.25) is 0 Å². The minimum Gasteiger partial charge on any atom is -0.399 e. The monoisotopic (exact) mass is 331 g/mol. The fraction of sp³-hybridized carbons (Fsp3) is 0. The molecule has 0 bridgehead atoms. The Hall–Kier alpha value is -2.41. The zero-order valence-electron chi connectivity index (χ0n) is 10.2. The number of nitrogens with two attached hydrogens (primary N) is 1. The van der Waals surface area contributed by atoms with E-state index in [1.54, 1.807) is 18.3 Å². The molecule has 0 spiro atoms. The molecule has 0 radical (unpaired) electrons. The quantitative estimate of drug-likeness (QED) is 0.628. The number of carbonyl (C=O) groups is 1. The summed E-state index contributed by atoms with van der Waals surface area (Å²) in [6, 6.07) is 5.37. The Morgan fingerprint density at radius 1 is 1.30 bits per heavy atom. The molecule has 4 N–H and O–H groups in total. The van der Waals surface area contributed by atoms with Gasteiger partial charge in [-0.15, -0.1) is 0 Å². The summed E-state index contributed by atoms with van der Waals surface area (Å²) < 4.78 is 0.607. The summed E-state index contributed by atoms with van der Waals surface area (Å²) >= 11 is 3.19. The number of nitrogens with zero attached hydrogens (tertiary/aromatic N) is 2. The summed E-state index contributed by atoms with van der Waals surface area (Å²) in [6.45, 7) is 0. The van der Waals surface area contributed by atoms with Crippen LogP contribution in [0.1, 0.15) is 10.4 Å². The van der Waals surface area contributed by atoms with Gasteiger partial charge in [0.1, 0.15) is 4.60 Å². The third-order valence-electron chi connectivity index (χ3n) is 2.81. The van der Waals surface area contributed by atoms with Crippen molar-refractivity contribution in [2.45, 2.75) is 0 Å². The van der Waals surface area contributed by atoms with Crippen molar-refractivity contribution in [3.63, 3.8) is 0 Å². The maximum atomic E-state index is 12.2. The van der Waals surface area contributed by atoms with E-state index in [1.165, 1.54) is 12.4 Å². The summed E-state index contributed by atoms with van der Waals surface area (Å²) in [5, 5.41) is 3.46. The highest BCUT2D eigenvalue weighted by atomic mass is 79.9. The van der Waals surface area contributed by atoms with Crippen molar-refractivity contribution in [2.75, 3.05) is 11.1 Å². The van der Waals surface area contributed by atoms with E-state index in [4.69, 9.17) is 5.73 Å². The Labute approximate surface area is 122 Å². The Morgan fingerprint density at radius 3 is 2.90 bits per heavy atom. The van der Waals surface area contributed by atoms with Gasteiger partial charge in [-0.1, -0.05) is 0 Å². The molecule has 0 unspecified atom stereocenters. The lowest BCUT2D eigenvalue weighted by atomic mass is 10.1.